The van der Waals surface area contributed by atoms with Gasteiger partial charge in [-0.25, -0.2) is 0 Å². The summed E-state index contributed by atoms with van der Waals surface area (Å²) >= 11 is 0. The van der Waals surface area contributed by atoms with Gasteiger partial charge in [0.05, 0.1) is 56.3 Å². The fourth-order valence-corrected chi connectivity index (χ4v) is 4.89. The smallest absolute Gasteiger partial charge is 0.308 e. The van der Waals surface area contributed by atoms with E-state index < -0.39 is 12.2 Å². The fraction of sp³-hybridized carbons (Fsp3) is 0.731. The first kappa shape index (κ1) is 27.7. The van der Waals surface area contributed by atoms with Gasteiger partial charge in [-0.1, -0.05) is 44.2 Å². The summed E-state index contributed by atoms with van der Waals surface area (Å²) in [4.78, 5) is 11.7. The average Bonchev–Trinajstić information content (AvgIpc) is 3.43. The van der Waals surface area contributed by atoms with E-state index in [1.165, 1.54) is 7.11 Å². The number of ether oxygens (including phenoxy) is 4. The summed E-state index contributed by atoms with van der Waals surface area (Å²) in [5.41, 5.74) is 0.796. The third-order valence-electron chi connectivity index (χ3n) is 6.80. The van der Waals surface area contributed by atoms with Crippen LogP contribution < -0.4 is 0 Å². The van der Waals surface area contributed by atoms with Gasteiger partial charge in [0.25, 0.3) is 0 Å². The van der Waals surface area contributed by atoms with Crippen LogP contribution in [0.15, 0.2) is 36.0 Å². The number of rotatable bonds is 12. The van der Waals surface area contributed by atoms with E-state index in [1.807, 2.05) is 31.2 Å². The van der Waals surface area contributed by atoms with Crippen molar-refractivity contribution in [2.45, 2.75) is 83.6 Å². The van der Waals surface area contributed by atoms with Gasteiger partial charge in [0.2, 0.25) is 0 Å². The van der Waals surface area contributed by atoms with Crippen LogP contribution >= 0.6 is 0 Å². The number of esters is 1. The molecule has 7 heteroatoms. The highest BCUT2D eigenvalue weighted by molar-refractivity contribution is 5.69. The molecule has 0 aromatic rings. The Morgan fingerprint density at radius 1 is 1.24 bits per heavy atom. The molecular formula is C26H42O7. The number of allylic oxidation sites excluding steroid dienone is 3. The molecule has 0 aromatic heterocycles. The van der Waals surface area contributed by atoms with Gasteiger partial charge in [0.1, 0.15) is 0 Å². The maximum absolute atomic E-state index is 11.7. The van der Waals surface area contributed by atoms with E-state index in [9.17, 15) is 15.0 Å². The van der Waals surface area contributed by atoms with Crippen LogP contribution in [0.5, 0.6) is 0 Å². The van der Waals surface area contributed by atoms with Crippen LogP contribution in [0.3, 0.4) is 0 Å². The van der Waals surface area contributed by atoms with Crippen molar-refractivity contribution in [1.29, 1.82) is 0 Å². The Kier molecular flexibility index (Phi) is 10.3. The van der Waals surface area contributed by atoms with Crippen molar-refractivity contribution in [3.05, 3.63) is 36.0 Å². The topological polar surface area (TPSA) is 97.8 Å². The number of epoxide rings is 1. The number of methoxy groups -OCH3 is 2. The van der Waals surface area contributed by atoms with Crippen LogP contribution in [-0.2, 0) is 23.7 Å². The van der Waals surface area contributed by atoms with Gasteiger partial charge in [-0.3, -0.25) is 4.79 Å². The lowest BCUT2D eigenvalue weighted by Crippen LogP contribution is -2.36. The van der Waals surface area contributed by atoms with Gasteiger partial charge >= 0.3 is 5.97 Å². The molecule has 0 spiro atoms. The van der Waals surface area contributed by atoms with Crippen LogP contribution in [0.1, 0.15) is 47.5 Å². The predicted molar refractivity (Wildman–Crippen MR) is 127 cm³/mol. The predicted octanol–water partition coefficient (Wildman–Crippen LogP) is 3.20. The summed E-state index contributed by atoms with van der Waals surface area (Å²) in [5, 5.41) is 19.5. The molecule has 2 N–H and O–H groups in total. The number of carbonyl (C=O) groups is 1. The Morgan fingerprint density at radius 2 is 1.94 bits per heavy atom. The van der Waals surface area contributed by atoms with Crippen LogP contribution in [0.2, 0.25) is 0 Å². The number of hydrogen-bond donors (Lipinski definition) is 2. The SMILES string of the molecule is COC(=O)C[C@@H]1O[C@H](/C(C)=C/C=C/[C@@H](C)C[C@@]2(C)O[C@@H]2[C@H](C)C(OC)[C@@H](C)O)C=C[C@@H]1CO. The standard InChI is InChI=1S/C26H42O7/c1-16(14-26(5)25(33-26)18(3)24(31-7)19(4)28)9-8-10-17(2)21-12-11-20(15-27)22(32-21)13-23(29)30-6/h8-12,16,18-22,24-25,27-28H,13-15H2,1-7H3/b9-8+,17-10+/t16-,18-,19-,20-,21+,22+,24?,25-,26-/m1/s1. The lowest BCUT2D eigenvalue weighted by molar-refractivity contribution is -0.145. The highest BCUT2D eigenvalue weighted by Gasteiger charge is 2.56. The normalized spacial score (nSPS) is 33.5. The molecule has 1 fully saturated rings. The second-order valence-corrected chi connectivity index (χ2v) is 9.73. The van der Waals surface area contributed by atoms with Crippen molar-refractivity contribution in [1.82, 2.24) is 0 Å². The van der Waals surface area contributed by atoms with E-state index in [4.69, 9.17) is 18.9 Å². The average molecular weight is 467 g/mol. The lowest BCUT2D eigenvalue weighted by atomic mass is 9.86. The minimum Gasteiger partial charge on any atom is -0.469 e. The Balaban J connectivity index is 1.91. The van der Waals surface area contributed by atoms with Crippen molar-refractivity contribution >= 4 is 5.97 Å². The minimum atomic E-state index is -0.542. The zero-order valence-electron chi connectivity index (χ0n) is 21.1. The summed E-state index contributed by atoms with van der Waals surface area (Å²) in [7, 11) is 2.98. The van der Waals surface area contributed by atoms with E-state index in [2.05, 4.69) is 26.8 Å². The van der Waals surface area contributed by atoms with Crippen molar-refractivity contribution < 1.29 is 34.0 Å². The number of carbonyl (C=O) groups excluding carboxylic acids is 1. The number of aliphatic hydroxyl groups is 2. The zero-order valence-corrected chi connectivity index (χ0v) is 21.1. The maximum Gasteiger partial charge on any atom is 0.308 e. The molecule has 0 radical (unpaired) electrons. The second-order valence-electron chi connectivity index (χ2n) is 9.73. The summed E-state index contributed by atoms with van der Waals surface area (Å²) in [6.07, 6.45) is 9.65. The van der Waals surface area contributed by atoms with E-state index in [-0.39, 0.29) is 54.7 Å². The van der Waals surface area contributed by atoms with E-state index in [0.717, 1.165) is 12.0 Å². The monoisotopic (exact) mass is 466 g/mol. The van der Waals surface area contributed by atoms with Gasteiger partial charge < -0.3 is 29.2 Å². The van der Waals surface area contributed by atoms with Crippen LogP contribution in [0.4, 0.5) is 0 Å². The van der Waals surface area contributed by atoms with Crippen LogP contribution in [0.25, 0.3) is 0 Å². The first-order valence-corrected chi connectivity index (χ1v) is 11.8. The first-order chi connectivity index (χ1) is 15.6. The molecule has 7 nitrogen and oxygen atoms in total. The van der Waals surface area contributed by atoms with Crippen molar-refractivity contribution in [3.63, 3.8) is 0 Å². The summed E-state index contributed by atoms with van der Waals surface area (Å²) in [5.74, 6) is -0.159. The van der Waals surface area contributed by atoms with E-state index in [1.54, 1.807) is 14.0 Å². The Hall–Kier alpha value is -1.51. The largest absolute Gasteiger partial charge is 0.469 e. The van der Waals surface area contributed by atoms with E-state index in [0.29, 0.717) is 5.92 Å². The van der Waals surface area contributed by atoms with Gasteiger partial charge in [-0.05, 0) is 38.7 Å². The highest BCUT2D eigenvalue weighted by atomic mass is 16.6. The molecule has 2 rings (SSSR count). The molecular weight excluding hydrogens is 424 g/mol. The molecule has 188 valence electrons. The summed E-state index contributed by atoms with van der Waals surface area (Å²) < 4.78 is 22.3. The minimum absolute atomic E-state index is 0.0668. The molecule has 33 heavy (non-hydrogen) atoms. The third-order valence-corrected chi connectivity index (χ3v) is 6.80. The Morgan fingerprint density at radius 3 is 2.52 bits per heavy atom. The molecule has 0 saturated carbocycles. The van der Waals surface area contributed by atoms with Crippen LogP contribution in [-0.4, -0.2) is 73.1 Å². The first-order valence-electron chi connectivity index (χ1n) is 11.8. The molecule has 2 aliphatic rings. The Bertz CT molecular complexity index is 728. The van der Waals surface area contributed by atoms with Gasteiger partial charge in [-0.15, -0.1) is 0 Å². The maximum atomic E-state index is 11.7. The number of hydrogen-bond acceptors (Lipinski definition) is 7. The lowest BCUT2D eigenvalue weighted by Gasteiger charge is -2.31. The second kappa shape index (κ2) is 12.3. The van der Waals surface area contributed by atoms with Crippen LogP contribution in [0, 0.1) is 17.8 Å². The highest BCUT2D eigenvalue weighted by Crippen LogP contribution is 2.47. The molecule has 0 amide bonds. The molecule has 2 heterocycles. The molecule has 0 aliphatic carbocycles. The molecule has 9 atom stereocenters. The molecule has 2 aliphatic heterocycles. The fourth-order valence-electron chi connectivity index (χ4n) is 4.89. The third kappa shape index (κ3) is 7.49. The van der Waals surface area contributed by atoms with E-state index >= 15 is 0 Å². The van der Waals surface area contributed by atoms with Crippen molar-refractivity contribution in [2.24, 2.45) is 17.8 Å². The summed E-state index contributed by atoms with van der Waals surface area (Å²) in [6, 6.07) is 0. The van der Waals surface area contributed by atoms with Gasteiger partial charge in [0, 0.05) is 18.9 Å². The number of aliphatic hydroxyl groups excluding tert-OH is 2. The molecule has 1 unspecified atom stereocenters. The van der Waals surface area contributed by atoms with Gasteiger partial charge in [-0.2, -0.15) is 0 Å². The molecule has 1 saturated heterocycles. The quantitative estimate of drug-likeness (QED) is 0.197. The molecule has 0 aromatic carbocycles. The van der Waals surface area contributed by atoms with Gasteiger partial charge in [0.15, 0.2) is 0 Å². The zero-order chi connectivity index (χ0) is 24.8. The van der Waals surface area contributed by atoms with Crippen molar-refractivity contribution in [3.8, 4) is 0 Å². The van der Waals surface area contributed by atoms with Crippen molar-refractivity contribution in [2.75, 3.05) is 20.8 Å². The summed E-state index contributed by atoms with van der Waals surface area (Å²) in [6.45, 7) is 10.0. The molecule has 0 bridgehead atoms. The Labute approximate surface area is 198 Å².